The van der Waals surface area contributed by atoms with Gasteiger partial charge in [0.25, 0.3) is 5.91 Å². The van der Waals surface area contributed by atoms with Gasteiger partial charge in [-0.25, -0.2) is 4.79 Å². The maximum atomic E-state index is 12.9. The molecule has 0 atom stereocenters. The number of nitrogens with one attached hydrogen (secondary N) is 1. The molecule has 8 heteroatoms. The summed E-state index contributed by atoms with van der Waals surface area (Å²) in [7, 11) is 1.45. The molecule has 1 fully saturated rings. The van der Waals surface area contributed by atoms with Gasteiger partial charge in [-0.3, -0.25) is 14.5 Å². The summed E-state index contributed by atoms with van der Waals surface area (Å²) >= 11 is 0. The highest BCUT2D eigenvalue weighted by Crippen LogP contribution is 2.14. The molecule has 0 saturated carbocycles. The van der Waals surface area contributed by atoms with E-state index in [9.17, 15) is 14.4 Å². The Bertz CT molecular complexity index is 737. The monoisotopic (exact) mass is 419 g/mol. The first-order valence-electron chi connectivity index (χ1n) is 10.2. The highest BCUT2D eigenvalue weighted by atomic mass is 16.6. The number of piperazine rings is 1. The van der Waals surface area contributed by atoms with Gasteiger partial charge in [-0.05, 0) is 17.7 Å². The van der Waals surface area contributed by atoms with Crippen LogP contribution in [0.4, 0.5) is 0 Å². The third-order valence-electron chi connectivity index (χ3n) is 4.90. The molecule has 0 unspecified atom stereocenters. The molecule has 1 N–H and O–H groups in total. The zero-order valence-electron chi connectivity index (χ0n) is 18.4. The molecule has 1 aliphatic rings. The molecular weight excluding hydrogens is 386 g/mol. The van der Waals surface area contributed by atoms with Crippen LogP contribution in [-0.2, 0) is 25.6 Å². The van der Waals surface area contributed by atoms with Crippen LogP contribution in [0.5, 0.6) is 0 Å². The van der Waals surface area contributed by atoms with Gasteiger partial charge in [-0.2, -0.15) is 0 Å². The van der Waals surface area contributed by atoms with E-state index in [1.54, 1.807) is 6.07 Å². The zero-order valence-corrected chi connectivity index (χ0v) is 18.4. The van der Waals surface area contributed by atoms with E-state index < -0.39 is 5.41 Å². The summed E-state index contributed by atoms with van der Waals surface area (Å²) in [6.07, 6.45) is 0. The van der Waals surface area contributed by atoms with E-state index in [0.717, 1.165) is 18.7 Å². The number of esters is 1. The molecule has 0 aromatic heterocycles. The number of rotatable bonds is 8. The minimum absolute atomic E-state index is 0.00910. The lowest BCUT2D eigenvalue weighted by molar-refractivity contribution is -0.148. The smallest absolute Gasteiger partial charge is 0.332 e. The Morgan fingerprint density at radius 1 is 1.10 bits per heavy atom. The number of hydrogen-bond donors (Lipinski definition) is 1. The first-order chi connectivity index (χ1) is 14.2. The summed E-state index contributed by atoms with van der Waals surface area (Å²) in [4.78, 5) is 40.2. The van der Waals surface area contributed by atoms with Gasteiger partial charge in [0.15, 0.2) is 0 Å². The second-order valence-electron chi connectivity index (χ2n) is 8.42. The van der Waals surface area contributed by atoms with E-state index in [4.69, 9.17) is 9.47 Å². The van der Waals surface area contributed by atoms with Gasteiger partial charge in [0.1, 0.15) is 13.2 Å². The fourth-order valence-corrected chi connectivity index (χ4v) is 3.07. The van der Waals surface area contributed by atoms with Crippen LogP contribution in [0.1, 0.15) is 36.7 Å². The van der Waals surface area contributed by atoms with Crippen molar-refractivity contribution in [2.75, 3.05) is 53.0 Å². The zero-order chi connectivity index (χ0) is 22.1. The van der Waals surface area contributed by atoms with Gasteiger partial charge >= 0.3 is 5.97 Å². The van der Waals surface area contributed by atoms with Crippen LogP contribution in [-0.4, -0.2) is 80.6 Å². The standard InChI is InChI=1S/C22H33N3O5/c1-22(2,3)21(28)23-15-17-6-5-7-18(14-17)20(27)25-10-8-24(9-11-25)12-13-30-19(26)16-29-4/h5-7,14H,8-13,15-16H2,1-4H3,(H,23,28). The summed E-state index contributed by atoms with van der Waals surface area (Å²) in [5.41, 5.74) is 1.07. The topological polar surface area (TPSA) is 88.2 Å². The molecule has 1 aromatic carbocycles. The van der Waals surface area contributed by atoms with Gasteiger partial charge in [-0.15, -0.1) is 0 Å². The Labute approximate surface area is 178 Å². The van der Waals surface area contributed by atoms with Crippen LogP contribution < -0.4 is 5.32 Å². The Balaban J connectivity index is 1.81. The number of nitrogens with zero attached hydrogens (tertiary/aromatic N) is 2. The number of hydrogen-bond acceptors (Lipinski definition) is 6. The average molecular weight is 420 g/mol. The van der Waals surface area contributed by atoms with E-state index in [-0.39, 0.29) is 24.4 Å². The number of ether oxygens (including phenoxy) is 2. The molecule has 0 spiro atoms. The molecule has 1 heterocycles. The molecule has 0 radical (unpaired) electrons. The van der Waals surface area contributed by atoms with E-state index in [0.29, 0.717) is 38.3 Å². The van der Waals surface area contributed by atoms with Gasteiger partial charge in [0, 0.05) is 57.4 Å². The largest absolute Gasteiger partial charge is 0.463 e. The molecule has 2 amide bonds. The Morgan fingerprint density at radius 3 is 2.43 bits per heavy atom. The van der Waals surface area contributed by atoms with Crippen LogP contribution in [0, 0.1) is 5.41 Å². The van der Waals surface area contributed by atoms with Crippen molar-refractivity contribution in [3.05, 3.63) is 35.4 Å². The summed E-state index contributed by atoms with van der Waals surface area (Å²) in [5.74, 6) is -0.404. The molecule has 0 aliphatic carbocycles. The summed E-state index contributed by atoms with van der Waals surface area (Å²) in [5, 5.41) is 2.91. The minimum Gasteiger partial charge on any atom is -0.463 e. The van der Waals surface area contributed by atoms with E-state index in [1.807, 2.05) is 43.9 Å². The molecule has 2 rings (SSSR count). The Morgan fingerprint density at radius 2 is 1.80 bits per heavy atom. The third-order valence-corrected chi connectivity index (χ3v) is 4.90. The van der Waals surface area contributed by atoms with Crippen molar-refractivity contribution in [1.29, 1.82) is 0 Å². The quantitative estimate of drug-likeness (QED) is 0.639. The molecular formula is C22H33N3O5. The molecule has 166 valence electrons. The molecule has 30 heavy (non-hydrogen) atoms. The minimum atomic E-state index is -0.449. The van der Waals surface area contributed by atoms with Crippen LogP contribution in [0.25, 0.3) is 0 Å². The predicted octanol–water partition coefficient (Wildman–Crippen LogP) is 1.30. The second kappa shape index (κ2) is 11.1. The first-order valence-corrected chi connectivity index (χ1v) is 10.2. The van der Waals surface area contributed by atoms with Crippen LogP contribution in [0.15, 0.2) is 24.3 Å². The molecule has 1 aliphatic heterocycles. The fraction of sp³-hybridized carbons (Fsp3) is 0.591. The van der Waals surface area contributed by atoms with Crippen LogP contribution in [0.3, 0.4) is 0 Å². The maximum absolute atomic E-state index is 12.9. The van der Waals surface area contributed by atoms with Crippen molar-refractivity contribution in [3.8, 4) is 0 Å². The second-order valence-corrected chi connectivity index (χ2v) is 8.42. The van der Waals surface area contributed by atoms with Crippen LogP contribution >= 0.6 is 0 Å². The van der Waals surface area contributed by atoms with E-state index >= 15 is 0 Å². The molecule has 1 aromatic rings. The Hall–Kier alpha value is -2.45. The number of carbonyl (C=O) groups is 3. The van der Waals surface area contributed by atoms with E-state index in [1.165, 1.54) is 7.11 Å². The van der Waals surface area contributed by atoms with Crippen molar-refractivity contribution in [2.45, 2.75) is 27.3 Å². The highest BCUT2D eigenvalue weighted by Gasteiger charge is 2.23. The number of benzene rings is 1. The Kier molecular flexibility index (Phi) is 8.80. The fourth-order valence-electron chi connectivity index (χ4n) is 3.07. The van der Waals surface area contributed by atoms with Gasteiger partial charge in [0.2, 0.25) is 5.91 Å². The third kappa shape index (κ3) is 7.42. The first kappa shape index (κ1) is 23.8. The van der Waals surface area contributed by atoms with Gasteiger partial charge in [0.05, 0.1) is 0 Å². The lowest BCUT2D eigenvalue weighted by Crippen LogP contribution is -2.49. The molecule has 0 bridgehead atoms. The number of amides is 2. The van der Waals surface area contributed by atoms with Crippen molar-refractivity contribution in [1.82, 2.24) is 15.1 Å². The number of carbonyl (C=O) groups excluding carboxylic acids is 3. The van der Waals surface area contributed by atoms with E-state index in [2.05, 4.69) is 10.2 Å². The average Bonchev–Trinajstić information content (AvgIpc) is 2.71. The van der Waals surface area contributed by atoms with Crippen LogP contribution in [0.2, 0.25) is 0 Å². The summed E-state index contributed by atoms with van der Waals surface area (Å²) in [6, 6.07) is 7.39. The number of methoxy groups -OCH3 is 1. The van der Waals surface area contributed by atoms with Gasteiger partial charge < -0.3 is 19.7 Å². The normalized spacial score (nSPS) is 15.0. The summed E-state index contributed by atoms with van der Waals surface area (Å²) < 4.78 is 9.81. The summed E-state index contributed by atoms with van der Waals surface area (Å²) in [6.45, 7) is 9.62. The van der Waals surface area contributed by atoms with Gasteiger partial charge in [-0.1, -0.05) is 32.9 Å². The van der Waals surface area contributed by atoms with Crippen molar-refractivity contribution < 1.29 is 23.9 Å². The van der Waals surface area contributed by atoms with Crippen molar-refractivity contribution in [3.63, 3.8) is 0 Å². The molecule has 8 nitrogen and oxygen atoms in total. The SMILES string of the molecule is COCC(=O)OCCN1CCN(C(=O)c2cccc(CNC(=O)C(C)(C)C)c2)CC1. The molecule has 1 saturated heterocycles. The van der Waals surface area contributed by atoms with Crippen molar-refractivity contribution in [2.24, 2.45) is 5.41 Å². The highest BCUT2D eigenvalue weighted by molar-refractivity contribution is 5.94. The lowest BCUT2D eigenvalue weighted by Gasteiger charge is -2.34. The lowest BCUT2D eigenvalue weighted by atomic mass is 9.95. The predicted molar refractivity (Wildman–Crippen MR) is 113 cm³/mol. The van der Waals surface area contributed by atoms with Crippen molar-refractivity contribution >= 4 is 17.8 Å². The maximum Gasteiger partial charge on any atom is 0.332 e.